The van der Waals surface area contributed by atoms with Gasteiger partial charge < -0.3 is 4.74 Å². The Morgan fingerprint density at radius 2 is 1.61 bits per heavy atom. The predicted molar refractivity (Wildman–Crippen MR) is 124 cm³/mol. The first-order valence-electron chi connectivity index (χ1n) is 9.93. The minimum atomic E-state index is -0.293. The summed E-state index contributed by atoms with van der Waals surface area (Å²) in [4.78, 5) is 14.5. The summed E-state index contributed by atoms with van der Waals surface area (Å²) in [5.74, 6) is 0.139. The van der Waals surface area contributed by atoms with Gasteiger partial charge in [0.25, 0.3) is 0 Å². The number of benzene rings is 3. The van der Waals surface area contributed by atoms with E-state index in [0.717, 1.165) is 26.7 Å². The highest BCUT2D eigenvalue weighted by atomic mass is 35.5. The molecule has 0 aliphatic rings. The molecule has 156 valence electrons. The highest BCUT2D eigenvalue weighted by Gasteiger charge is 2.22. The Morgan fingerprint density at radius 1 is 0.968 bits per heavy atom. The topological polar surface area (TPSA) is 44.1 Å². The van der Waals surface area contributed by atoms with E-state index in [0.29, 0.717) is 17.3 Å². The molecule has 0 saturated heterocycles. The number of carbonyl (C=O) groups excluding carboxylic acids is 1. The van der Waals surface area contributed by atoms with E-state index in [1.165, 1.54) is 11.8 Å². The van der Waals surface area contributed by atoms with Crippen LogP contribution in [-0.4, -0.2) is 15.7 Å². The van der Waals surface area contributed by atoms with Crippen LogP contribution in [0.25, 0.3) is 5.69 Å². The molecule has 0 spiro atoms. The summed E-state index contributed by atoms with van der Waals surface area (Å²) in [6, 6.07) is 27.1. The van der Waals surface area contributed by atoms with Crippen LogP contribution in [0.3, 0.4) is 0 Å². The molecule has 0 amide bonds. The number of hydrogen-bond donors (Lipinski definition) is 0. The molecule has 0 saturated carbocycles. The third kappa shape index (κ3) is 5.37. The van der Waals surface area contributed by atoms with Crippen molar-refractivity contribution in [2.24, 2.45) is 0 Å². The zero-order valence-electron chi connectivity index (χ0n) is 17.0. The molecule has 0 radical (unpaired) electrons. The van der Waals surface area contributed by atoms with Gasteiger partial charge in [-0.05, 0) is 55.3 Å². The number of halogens is 1. The molecular formula is C25H21ClN2O2S. The van der Waals surface area contributed by atoms with Gasteiger partial charge in [-0.25, -0.2) is 0 Å². The van der Waals surface area contributed by atoms with Crippen LogP contribution in [0, 0.1) is 6.92 Å². The minimum Gasteiger partial charge on any atom is -0.406 e. The molecule has 4 aromatic rings. The van der Waals surface area contributed by atoms with Crippen molar-refractivity contribution in [2.45, 2.75) is 29.6 Å². The van der Waals surface area contributed by atoms with Crippen LogP contribution in [0.1, 0.15) is 17.7 Å². The van der Waals surface area contributed by atoms with Crippen LogP contribution < -0.4 is 4.74 Å². The molecule has 0 N–H and O–H groups in total. The van der Waals surface area contributed by atoms with E-state index in [-0.39, 0.29) is 12.4 Å². The predicted octanol–water partition coefficient (Wildman–Crippen LogP) is 6.52. The first-order valence-corrected chi connectivity index (χ1v) is 11.1. The van der Waals surface area contributed by atoms with Gasteiger partial charge in [-0.1, -0.05) is 71.9 Å². The number of ether oxygens (including phenoxy) is 1. The summed E-state index contributed by atoms with van der Waals surface area (Å²) in [6.45, 7) is 1.92. The van der Waals surface area contributed by atoms with E-state index < -0.39 is 0 Å². The summed E-state index contributed by atoms with van der Waals surface area (Å²) in [5.41, 5.74) is 2.72. The van der Waals surface area contributed by atoms with Crippen LogP contribution in [0.5, 0.6) is 5.88 Å². The van der Waals surface area contributed by atoms with E-state index in [2.05, 4.69) is 5.10 Å². The number of carbonyl (C=O) groups is 1. The van der Waals surface area contributed by atoms with Gasteiger partial charge in [-0.3, -0.25) is 4.79 Å². The molecule has 1 heterocycles. The molecule has 0 unspecified atom stereocenters. The van der Waals surface area contributed by atoms with Crippen molar-refractivity contribution in [3.8, 4) is 11.6 Å². The summed E-state index contributed by atoms with van der Waals surface area (Å²) in [5, 5.41) is 5.33. The zero-order chi connectivity index (χ0) is 21.6. The first-order chi connectivity index (χ1) is 15.1. The highest BCUT2D eigenvalue weighted by molar-refractivity contribution is 7.99. The third-order valence-corrected chi connectivity index (χ3v) is 6.10. The van der Waals surface area contributed by atoms with Crippen LogP contribution >= 0.6 is 23.4 Å². The quantitative estimate of drug-likeness (QED) is 0.302. The maximum absolute atomic E-state index is 12.7. The number of para-hydroxylation sites is 1. The SMILES string of the molecule is Cc1nn(-c2ccccc2)c(OC(=O)CCc2ccccc2)c1Sc1ccc(Cl)cc1. The lowest BCUT2D eigenvalue weighted by molar-refractivity contribution is -0.134. The summed E-state index contributed by atoms with van der Waals surface area (Å²) < 4.78 is 7.57. The first kappa shape index (κ1) is 21.2. The molecule has 1 aromatic heterocycles. The van der Waals surface area contributed by atoms with Crippen molar-refractivity contribution < 1.29 is 9.53 Å². The van der Waals surface area contributed by atoms with Gasteiger partial charge in [0, 0.05) is 9.92 Å². The number of nitrogens with zero attached hydrogens (tertiary/aromatic N) is 2. The molecule has 0 aliphatic heterocycles. The second-order valence-corrected chi connectivity index (χ2v) is 8.50. The Kier molecular flexibility index (Phi) is 6.75. The van der Waals surface area contributed by atoms with Gasteiger partial charge in [-0.15, -0.1) is 0 Å². The zero-order valence-corrected chi connectivity index (χ0v) is 18.6. The van der Waals surface area contributed by atoms with Crippen LogP contribution in [-0.2, 0) is 11.2 Å². The van der Waals surface area contributed by atoms with Crippen molar-refractivity contribution in [3.05, 3.63) is 101 Å². The molecule has 3 aromatic carbocycles. The molecule has 6 heteroatoms. The maximum atomic E-state index is 12.7. The van der Waals surface area contributed by atoms with Crippen molar-refractivity contribution in [2.75, 3.05) is 0 Å². The van der Waals surface area contributed by atoms with E-state index in [1.807, 2.05) is 91.9 Å². The van der Waals surface area contributed by atoms with Gasteiger partial charge >= 0.3 is 5.97 Å². The summed E-state index contributed by atoms with van der Waals surface area (Å²) in [7, 11) is 0. The fraction of sp³-hybridized carbons (Fsp3) is 0.120. The van der Waals surface area contributed by atoms with Gasteiger partial charge in [-0.2, -0.15) is 9.78 Å². The standard InChI is InChI=1S/C25H21ClN2O2S/c1-18-24(31-22-15-13-20(26)14-16-22)25(28(27-18)21-10-6-3-7-11-21)30-23(29)17-12-19-8-4-2-5-9-19/h2-11,13-16H,12,17H2,1H3. The second-order valence-electron chi connectivity index (χ2n) is 6.98. The minimum absolute atomic E-state index is 0.286. The number of aryl methyl sites for hydroxylation is 2. The third-order valence-electron chi connectivity index (χ3n) is 4.67. The molecule has 0 fully saturated rings. The monoisotopic (exact) mass is 448 g/mol. The summed E-state index contributed by atoms with van der Waals surface area (Å²) in [6.07, 6.45) is 0.909. The molecule has 4 rings (SSSR count). The lowest BCUT2D eigenvalue weighted by atomic mass is 10.1. The fourth-order valence-corrected chi connectivity index (χ4v) is 4.15. The van der Waals surface area contributed by atoms with Crippen LogP contribution in [0.2, 0.25) is 5.02 Å². The molecule has 0 bridgehead atoms. The lowest BCUT2D eigenvalue weighted by Gasteiger charge is -2.10. The van der Waals surface area contributed by atoms with Crippen LogP contribution in [0.4, 0.5) is 0 Å². The van der Waals surface area contributed by atoms with E-state index in [4.69, 9.17) is 16.3 Å². The Balaban J connectivity index is 1.62. The maximum Gasteiger partial charge on any atom is 0.312 e. The molecule has 4 nitrogen and oxygen atoms in total. The van der Waals surface area contributed by atoms with E-state index >= 15 is 0 Å². The number of rotatable bonds is 7. The average Bonchev–Trinajstić information content (AvgIpc) is 3.10. The molecular weight excluding hydrogens is 428 g/mol. The second kappa shape index (κ2) is 9.86. The highest BCUT2D eigenvalue weighted by Crippen LogP contribution is 2.39. The lowest BCUT2D eigenvalue weighted by Crippen LogP contribution is -2.12. The smallest absolute Gasteiger partial charge is 0.312 e. The van der Waals surface area contributed by atoms with Crippen molar-refractivity contribution in [1.82, 2.24) is 9.78 Å². The largest absolute Gasteiger partial charge is 0.406 e. The van der Waals surface area contributed by atoms with Gasteiger partial charge in [0.05, 0.1) is 22.7 Å². The van der Waals surface area contributed by atoms with E-state index in [9.17, 15) is 4.79 Å². The molecule has 0 aliphatic carbocycles. The van der Waals surface area contributed by atoms with Crippen molar-refractivity contribution in [1.29, 1.82) is 0 Å². The fourth-order valence-electron chi connectivity index (χ4n) is 3.11. The number of aromatic nitrogens is 2. The summed E-state index contributed by atoms with van der Waals surface area (Å²) >= 11 is 7.52. The van der Waals surface area contributed by atoms with Crippen molar-refractivity contribution >= 4 is 29.3 Å². The average molecular weight is 449 g/mol. The van der Waals surface area contributed by atoms with Gasteiger partial charge in [0.1, 0.15) is 0 Å². The van der Waals surface area contributed by atoms with Gasteiger partial charge in [0.2, 0.25) is 5.88 Å². The van der Waals surface area contributed by atoms with Gasteiger partial charge in [0.15, 0.2) is 0 Å². The molecule has 31 heavy (non-hydrogen) atoms. The van der Waals surface area contributed by atoms with E-state index in [1.54, 1.807) is 4.68 Å². The Bertz CT molecular complexity index is 1160. The number of esters is 1. The normalized spacial score (nSPS) is 10.8. The van der Waals surface area contributed by atoms with Crippen molar-refractivity contribution in [3.63, 3.8) is 0 Å². The molecule has 0 atom stereocenters. The Hall–Kier alpha value is -3.02. The Labute approximate surface area is 190 Å². The Morgan fingerprint density at radius 3 is 2.29 bits per heavy atom. The van der Waals surface area contributed by atoms with Crippen LogP contribution in [0.15, 0.2) is 94.7 Å². The number of hydrogen-bond acceptors (Lipinski definition) is 4.